The molecule has 1 atom stereocenters. The fourth-order valence-electron chi connectivity index (χ4n) is 3.58. The Balaban J connectivity index is 1.39. The Labute approximate surface area is 192 Å². The summed E-state index contributed by atoms with van der Waals surface area (Å²) in [6.07, 6.45) is 0.975. The van der Waals surface area contributed by atoms with Crippen molar-refractivity contribution in [3.8, 4) is 17.6 Å². The van der Waals surface area contributed by atoms with Gasteiger partial charge in [0.05, 0.1) is 11.4 Å². The molecule has 1 N–H and O–H groups in total. The molecule has 8 heteroatoms. The van der Waals surface area contributed by atoms with E-state index in [0.29, 0.717) is 30.9 Å². The van der Waals surface area contributed by atoms with Gasteiger partial charge in [-0.05, 0) is 23.8 Å². The van der Waals surface area contributed by atoms with Crippen LogP contribution in [0.1, 0.15) is 17.5 Å². The monoisotopic (exact) mass is 444 g/mol. The van der Waals surface area contributed by atoms with Crippen molar-refractivity contribution in [3.63, 3.8) is 0 Å². The second kappa shape index (κ2) is 10.1. The Morgan fingerprint density at radius 3 is 2.85 bits per heavy atom. The highest BCUT2D eigenvalue weighted by molar-refractivity contribution is 6.43. The van der Waals surface area contributed by atoms with Crippen LogP contribution in [0.15, 0.2) is 58.7 Å². The minimum absolute atomic E-state index is 0.0155. The number of hydrogen-bond acceptors (Lipinski definition) is 6. The summed E-state index contributed by atoms with van der Waals surface area (Å²) in [7, 11) is 3.23. The Hall–Kier alpha value is -3.96. The van der Waals surface area contributed by atoms with Crippen molar-refractivity contribution in [2.75, 3.05) is 32.3 Å². The minimum atomic E-state index is -0.848. The molecule has 2 aromatic rings. The van der Waals surface area contributed by atoms with E-state index < -0.39 is 11.9 Å². The lowest BCUT2D eigenvalue weighted by molar-refractivity contribution is -0.124. The van der Waals surface area contributed by atoms with Crippen molar-refractivity contribution in [3.05, 3.63) is 59.7 Å². The molecular formula is C25H24N4O4. The summed E-state index contributed by atoms with van der Waals surface area (Å²) in [6, 6.07) is 14.4. The van der Waals surface area contributed by atoms with Crippen LogP contribution in [0, 0.1) is 11.8 Å². The third-order valence-electron chi connectivity index (χ3n) is 5.31. The summed E-state index contributed by atoms with van der Waals surface area (Å²) in [4.78, 5) is 27.3. The summed E-state index contributed by atoms with van der Waals surface area (Å²) in [6.45, 7) is 0.332. The van der Waals surface area contributed by atoms with Crippen molar-refractivity contribution in [2.45, 2.75) is 18.9 Å². The van der Waals surface area contributed by atoms with Crippen molar-refractivity contribution in [1.82, 2.24) is 5.32 Å². The summed E-state index contributed by atoms with van der Waals surface area (Å²) in [5.74, 6) is 5.72. The zero-order valence-corrected chi connectivity index (χ0v) is 18.5. The number of amides is 2. The van der Waals surface area contributed by atoms with Crippen LogP contribution in [0.5, 0.6) is 5.75 Å². The van der Waals surface area contributed by atoms with Gasteiger partial charge in [-0.15, -0.1) is 5.10 Å². The third kappa shape index (κ3) is 5.27. The second-order valence-electron chi connectivity index (χ2n) is 7.70. The van der Waals surface area contributed by atoms with Gasteiger partial charge in [0.25, 0.3) is 11.8 Å². The van der Waals surface area contributed by atoms with Gasteiger partial charge in [-0.1, -0.05) is 42.2 Å². The van der Waals surface area contributed by atoms with Crippen LogP contribution in [-0.4, -0.2) is 56.7 Å². The average Bonchev–Trinajstić information content (AvgIpc) is 3.26. The predicted octanol–water partition coefficient (Wildman–Crippen LogP) is 1.97. The van der Waals surface area contributed by atoms with Gasteiger partial charge in [0.2, 0.25) is 0 Å². The number of benzene rings is 2. The van der Waals surface area contributed by atoms with E-state index >= 15 is 0 Å². The molecule has 2 heterocycles. The molecule has 8 nitrogen and oxygen atoms in total. The van der Waals surface area contributed by atoms with Crippen molar-refractivity contribution in [1.29, 1.82) is 0 Å². The van der Waals surface area contributed by atoms with Crippen LogP contribution in [-0.2, 0) is 20.7 Å². The lowest BCUT2D eigenvalue weighted by atomic mass is 10.0. The number of carbonyl (C=O) groups excluding carboxylic acids is 2. The van der Waals surface area contributed by atoms with Gasteiger partial charge in [-0.25, -0.2) is 0 Å². The Morgan fingerprint density at radius 2 is 2.06 bits per heavy atom. The topological polar surface area (TPSA) is 92.6 Å². The Bertz CT molecular complexity index is 1180. The minimum Gasteiger partial charge on any atom is -0.489 e. The maximum absolute atomic E-state index is 13.0. The zero-order valence-electron chi connectivity index (χ0n) is 18.5. The highest BCUT2D eigenvalue weighted by Gasteiger charge is 2.32. The molecule has 2 aliphatic heterocycles. The number of rotatable bonds is 5. The molecule has 0 unspecified atom stereocenters. The first-order valence-electron chi connectivity index (χ1n) is 10.5. The van der Waals surface area contributed by atoms with Gasteiger partial charge < -0.3 is 19.7 Å². The molecule has 33 heavy (non-hydrogen) atoms. The molecule has 2 aliphatic rings. The van der Waals surface area contributed by atoms with Crippen LogP contribution < -0.4 is 15.0 Å². The second-order valence-corrected chi connectivity index (χ2v) is 7.70. The molecule has 0 saturated carbocycles. The number of ether oxygens (including phenoxy) is 2. The Kier molecular flexibility index (Phi) is 6.81. The van der Waals surface area contributed by atoms with Gasteiger partial charge >= 0.3 is 0 Å². The number of likely N-dealkylation sites (N-methyl/N-ethyl adjacent to an activating group) is 1. The lowest BCUT2D eigenvalue weighted by Crippen LogP contribution is -2.51. The summed E-state index contributed by atoms with van der Waals surface area (Å²) in [5, 5.41) is 10.9. The predicted molar refractivity (Wildman–Crippen MR) is 126 cm³/mol. The Morgan fingerprint density at radius 1 is 1.24 bits per heavy atom. The molecule has 0 aliphatic carbocycles. The molecule has 168 valence electrons. The van der Waals surface area contributed by atoms with E-state index in [1.165, 1.54) is 4.90 Å². The largest absolute Gasteiger partial charge is 0.489 e. The number of nitrogens with zero attached hydrogens (tertiary/aromatic N) is 3. The first-order chi connectivity index (χ1) is 16.0. The van der Waals surface area contributed by atoms with Gasteiger partial charge in [0.15, 0.2) is 0 Å². The van der Waals surface area contributed by atoms with E-state index in [-0.39, 0.29) is 18.2 Å². The molecule has 0 saturated heterocycles. The molecular weight excluding hydrogens is 420 g/mol. The maximum Gasteiger partial charge on any atom is 0.268 e. The van der Waals surface area contributed by atoms with E-state index in [1.807, 2.05) is 36.4 Å². The summed E-state index contributed by atoms with van der Waals surface area (Å²) >= 11 is 0. The first kappa shape index (κ1) is 22.2. The number of anilines is 1. The van der Waals surface area contributed by atoms with Crippen LogP contribution in [0.2, 0.25) is 0 Å². The lowest BCUT2D eigenvalue weighted by Gasteiger charge is -2.20. The normalized spacial score (nSPS) is 17.1. The van der Waals surface area contributed by atoms with E-state index in [4.69, 9.17) is 9.47 Å². The van der Waals surface area contributed by atoms with E-state index in [2.05, 4.69) is 27.4 Å². The molecule has 0 bridgehead atoms. The molecule has 2 amide bonds. The fraction of sp³-hybridized carbons (Fsp3) is 0.280. The number of hydrogen-bond donors (Lipinski definition) is 1. The molecule has 2 aromatic carbocycles. The SMILES string of the molecule is COCC#Cc1ccc2c(c1)N(C)C(=O)[C@@H](NC(=O)C1=NN=C(Cc3ccccc3)C1)CO2. The van der Waals surface area contributed by atoms with Crippen LogP contribution in [0.25, 0.3) is 0 Å². The highest BCUT2D eigenvalue weighted by atomic mass is 16.5. The smallest absolute Gasteiger partial charge is 0.268 e. The molecule has 0 radical (unpaired) electrons. The van der Waals surface area contributed by atoms with Gasteiger partial charge in [-0.2, -0.15) is 5.10 Å². The van der Waals surface area contributed by atoms with Gasteiger partial charge in [0, 0.05) is 32.6 Å². The summed E-state index contributed by atoms with van der Waals surface area (Å²) in [5.41, 5.74) is 3.52. The highest BCUT2D eigenvalue weighted by Crippen LogP contribution is 2.31. The molecule has 0 spiro atoms. The number of fused-ring (bicyclic) bond motifs is 1. The zero-order chi connectivity index (χ0) is 23.2. The van der Waals surface area contributed by atoms with E-state index in [1.54, 1.807) is 26.3 Å². The molecule has 4 rings (SSSR count). The van der Waals surface area contributed by atoms with E-state index in [9.17, 15) is 9.59 Å². The molecule has 0 fully saturated rings. The van der Waals surface area contributed by atoms with Gasteiger partial charge in [-0.3, -0.25) is 9.59 Å². The first-order valence-corrected chi connectivity index (χ1v) is 10.5. The standard InChI is InChI=1S/C25H24N4O4/c1-29-22-14-18(9-6-12-32-2)10-11-23(22)33-16-21(25(29)31)26-24(30)20-15-19(27-28-20)13-17-7-4-3-5-8-17/h3-5,7-8,10-11,14,21H,12-13,15-16H2,1-2H3,(H,26,30)/t21-/m0/s1. The fourth-order valence-corrected chi connectivity index (χ4v) is 3.58. The van der Waals surface area contributed by atoms with Crippen molar-refractivity contribution >= 4 is 28.9 Å². The summed E-state index contributed by atoms with van der Waals surface area (Å²) < 4.78 is 10.8. The third-order valence-corrected chi connectivity index (χ3v) is 5.31. The van der Waals surface area contributed by atoms with Crippen molar-refractivity contribution < 1.29 is 19.1 Å². The quantitative estimate of drug-likeness (QED) is 0.714. The molecule has 0 aromatic heterocycles. The van der Waals surface area contributed by atoms with E-state index in [0.717, 1.165) is 16.8 Å². The van der Waals surface area contributed by atoms with Crippen molar-refractivity contribution in [2.24, 2.45) is 10.2 Å². The van der Waals surface area contributed by atoms with Crippen LogP contribution in [0.4, 0.5) is 5.69 Å². The average molecular weight is 444 g/mol. The number of methoxy groups -OCH3 is 1. The van der Waals surface area contributed by atoms with Crippen LogP contribution >= 0.6 is 0 Å². The number of nitrogens with one attached hydrogen (secondary N) is 1. The van der Waals surface area contributed by atoms with Crippen LogP contribution in [0.3, 0.4) is 0 Å². The maximum atomic E-state index is 13.0. The number of carbonyl (C=O) groups is 2. The van der Waals surface area contributed by atoms with Gasteiger partial charge in [0.1, 0.15) is 30.7 Å².